The van der Waals surface area contributed by atoms with Crippen LogP contribution in [0.2, 0.25) is 0 Å². The maximum absolute atomic E-state index is 12.0. The zero-order valence-corrected chi connectivity index (χ0v) is 11.3. The quantitative estimate of drug-likeness (QED) is 0.821. The molecule has 0 saturated carbocycles. The molecule has 0 aliphatic carbocycles. The third-order valence-corrected chi connectivity index (χ3v) is 2.61. The number of aliphatic carboxylic acids is 1. The number of amides is 1. The fourth-order valence-electron chi connectivity index (χ4n) is 1.74. The largest absolute Gasteiger partial charge is 0.492 e. The van der Waals surface area contributed by atoms with Crippen molar-refractivity contribution in [3.05, 3.63) is 24.3 Å². The summed E-state index contributed by atoms with van der Waals surface area (Å²) in [7, 11) is 0. The molecule has 0 aromatic heterocycles. The normalized spacial score (nSPS) is 10.0. The number of carbonyl (C=O) groups is 2. The number of hydrogen-bond acceptors (Lipinski definition) is 3. The third kappa shape index (κ3) is 4.28. The van der Waals surface area contributed by atoms with E-state index in [9.17, 15) is 9.59 Å². The summed E-state index contributed by atoms with van der Waals surface area (Å²) in [5.74, 6) is -0.451. The van der Waals surface area contributed by atoms with Crippen molar-refractivity contribution in [3.63, 3.8) is 0 Å². The van der Waals surface area contributed by atoms with Crippen LogP contribution in [-0.2, 0) is 9.59 Å². The van der Waals surface area contributed by atoms with Gasteiger partial charge in [0.1, 0.15) is 5.75 Å². The molecule has 1 aromatic rings. The predicted molar refractivity (Wildman–Crippen MR) is 72.5 cm³/mol. The Morgan fingerprint density at radius 3 is 2.53 bits per heavy atom. The summed E-state index contributed by atoms with van der Waals surface area (Å²) >= 11 is 0. The van der Waals surface area contributed by atoms with Gasteiger partial charge < -0.3 is 14.7 Å². The number of nitrogens with zero attached hydrogens (tertiary/aromatic N) is 1. The van der Waals surface area contributed by atoms with Crippen LogP contribution in [0, 0.1) is 0 Å². The summed E-state index contributed by atoms with van der Waals surface area (Å²) in [5.41, 5.74) is 0.623. The molecule has 104 valence electrons. The molecule has 19 heavy (non-hydrogen) atoms. The number of hydrogen-bond donors (Lipinski definition) is 1. The molecule has 1 amide bonds. The molecule has 1 N–H and O–H groups in total. The van der Waals surface area contributed by atoms with Gasteiger partial charge in [0.15, 0.2) is 0 Å². The summed E-state index contributed by atoms with van der Waals surface area (Å²) in [6.07, 6.45) is 0.228. The van der Waals surface area contributed by atoms with E-state index in [0.29, 0.717) is 24.5 Å². The van der Waals surface area contributed by atoms with Gasteiger partial charge in [-0.25, -0.2) is 0 Å². The molecule has 5 nitrogen and oxygen atoms in total. The molecule has 0 spiro atoms. The molecule has 0 unspecified atom stereocenters. The maximum atomic E-state index is 12.0. The Balaban J connectivity index is 3.02. The summed E-state index contributed by atoms with van der Waals surface area (Å²) in [6, 6.07) is 7.16. The Morgan fingerprint density at radius 2 is 1.95 bits per heavy atom. The van der Waals surface area contributed by atoms with Crippen LogP contribution in [0.15, 0.2) is 24.3 Å². The molecular formula is C14H19NO4. The lowest BCUT2D eigenvalue weighted by atomic mass is 10.2. The van der Waals surface area contributed by atoms with Gasteiger partial charge in [-0.2, -0.15) is 0 Å². The van der Waals surface area contributed by atoms with Crippen molar-refractivity contribution in [1.82, 2.24) is 0 Å². The van der Waals surface area contributed by atoms with Crippen molar-refractivity contribution in [3.8, 4) is 5.75 Å². The van der Waals surface area contributed by atoms with Crippen molar-refractivity contribution in [2.75, 3.05) is 18.1 Å². The number of anilines is 1. The zero-order valence-electron chi connectivity index (χ0n) is 11.3. The minimum atomic E-state index is -0.928. The van der Waals surface area contributed by atoms with E-state index >= 15 is 0 Å². The fraction of sp³-hybridized carbons (Fsp3) is 0.429. The van der Waals surface area contributed by atoms with Gasteiger partial charge in [-0.05, 0) is 19.1 Å². The van der Waals surface area contributed by atoms with Crippen LogP contribution in [0.3, 0.4) is 0 Å². The van der Waals surface area contributed by atoms with Gasteiger partial charge in [-0.15, -0.1) is 0 Å². The standard InChI is InChI=1S/C14H19NO4/c1-3-13(16)15(10-9-14(17)18)11-7-5-6-8-12(11)19-4-2/h5-8H,3-4,9-10H2,1-2H3,(H,17,18). The topological polar surface area (TPSA) is 66.8 Å². The second-order valence-corrected chi connectivity index (χ2v) is 3.94. The lowest BCUT2D eigenvalue weighted by Crippen LogP contribution is -2.32. The van der Waals surface area contributed by atoms with Gasteiger partial charge in [-0.1, -0.05) is 19.1 Å². The molecule has 0 radical (unpaired) electrons. The molecule has 0 atom stereocenters. The zero-order chi connectivity index (χ0) is 14.3. The first kappa shape index (κ1) is 15.0. The molecule has 0 fully saturated rings. The number of benzene rings is 1. The van der Waals surface area contributed by atoms with Crippen molar-refractivity contribution in [2.45, 2.75) is 26.7 Å². The number of para-hydroxylation sites is 2. The Labute approximate surface area is 112 Å². The van der Waals surface area contributed by atoms with Gasteiger partial charge in [0.25, 0.3) is 0 Å². The van der Waals surface area contributed by atoms with Crippen LogP contribution < -0.4 is 9.64 Å². The van der Waals surface area contributed by atoms with Crippen molar-refractivity contribution < 1.29 is 19.4 Å². The van der Waals surface area contributed by atoms with Crippen LogP contribution >= 0.6 is 0 Å². The average molecular weight is 265 g/mol. The Hall–Kier alpha value is -2.04. The maximum Gasteiger partial charge on any atom is 0.305 e. The highest BCUT2D eigenvalue weighted by Gasteiger charge is 2.18. The highest BCUT2D eigenvalue weighted by molar-refractivity contribution is 5.95. The molecule has 0 aliphatic heterocycles. The first-order chi connectivity index (χ1) is 9.10. The second-order valence-electron chi connectivity index (χ2n) is 3.94. The first-order valence-corrected chi connectivity index (χ1v) is 6.34. The molecule has 0 aliphatic rings. The highest BCUT2D eigenvalue weighted by atomic mass is 16.5. The van der Waals surface area contributed by atoms with Crippen molar-refractivity contribution >= 4 is 17.6 Å². The number of carbonyl (C=O) groups excluding carboxylic acids is 1. The monoisotopic (exact) mass is 265 g/mol. The van der Waals surface area contributed by atoms with E-state index in [2.05, 4.69) is 0 Å². The minimum absolute atomic E-state index is 0.0911. The summed E-state index contributed by atoms with van der Waals surface area (Å²) in [4.78, 5) is 24.1. The number of rotatable bonds is 7. The van der Waals surface area contributed by atoms with Crippen LogP contribution in [-0.4, -0.2) is 30.1 Å². The van der Waals surface area contributed by atoms with Gasteiger partial charge in [0.2, 0.25) is 5.91 Å². The predicted octanol–water partition coefficient (Wildman–Crippen LogP) is 2.30. The molecule has 5 heteroatoms. The van der Waals surface area contributed by atoms with E-state index in [1.807, 2.05) is 13.0 Å². The first-order valence-electron chi connectivity index (χ1n) is 6.34. The molecule has 0 heterocycles. The van der Waals surface area contributed by atoms with Gasteiger partial charge in [-0.3, -0.25) is 9.59 Å². The summed E-state index contributed by atoms with van der Waals surface area (Å²) in [6.45, 7) is 4.25. The number of carboxylic acid groups (broad SMARTS) is 1. The lowest BCUT2D eigenvalue weighted by Gasteiger charge is -2.24. The highest BCUT2D eigenvalue weighted by Crippen LogP contribution is 2.28. The van der Waals surface area contributed by atoms with Crippen LogP contribution in [0.4, 0.5) is 5.69 Å². The second kappa shape index (κ2) is 7.41. The molecule has 0 bridgehead atoms. The third-order valence-electron chi connectivity index (χ3n) is 2.61. The number of ether oxygens (including phenoxy) is 1. The van der Waals surface area contributed by atoms with Crippen LogP contribution in [0.25, 0.3) is 0 Å². The van der Waals surface area contributed by atoms with E-state index in [-0.39, 0.29) is 18.9 Å². The number of carboxylic acids is 1. The Bertz CT molecular complexity index is 445. The molecule has 1 rings (SSSR count). The molecule has 1 aromatic carbocycles. The van der Waals surface area contributed by atoms with E-state index in [0.717, 1.165) is 0 Å². The smallest absolute Gasteiger partial charge is 0.305 e. The Kier molecular flexibility index (Phi) is 5.85. The van der Waals surface area contributed by atoms with Gasteiger partial charge >= 0.3 is 5.97 Å². The lowest BCUT2D eigenvalue weighted by molar-refractivity contribution is -0.136. The van der Waals surface area contributed by atoms with E-state index in [4.69, 9.17) is 9.84 Å². The van der Waals surface area contributed by atoms with Crippen LogP contribution in [0.5, 0.6) is 5.75 Å². The Morgan fingerprint density at radius 1 is 1.26 bits per heavy atom. The molecule has 0 saturated heterocycles. The fourth-order valence-corrected chi connectivity index (χ4v) is 1.74. The van der Waals surface area contributed by atoms with Gasteiger partial charge in [0, 0.05) is 13.0 Å². The average Bonchev–Trinajstić information content (AvgIpc) is 2.40. The summed E-state index contributed by atoms with van der Waals surface area (Å²) in [5, 5.41) is 8.77. The molecular weight excluding hydrogens is 246 g/mol. The van der Waals surface area contributed by atoms with E-state index in [1.54, 1.807) is 25.1 Å². The van der Waals surface area contributed by atoms with E-state index < -0.39 is 5.97 Å². The SMILES string of the molecule is CCOc1ccccc1N(CCC(=O)O)C(=O)CC. The van der Waals surface area contributed by atoms with Gasteiger partial charge in [0.05, 0.1) is 18.7 Å². The van der Waals surface area contributed by atoms with Crippen molar-refractivity contribution in [1.29, 1.82) is 0 Å². The van der Waals surface area contributed by atoms with Crippen molar-refractivity contribution in [2.24, 2.45) is 0 Å². The van der Waals surface area contributed by atoms with Crippen LogP contribution in [0.1, 0.15) is 26.7 Å². The summed E-state index contributed by atoms with van der Waals surface area (Å²) < 4.78 is 5.48. The van der Waals surface area contributed by atoms with E-state index in [1.165, 1.54) is 4.90 Å². The minimum Gasteiger partial charge on any atom is -0.492 e.